The Balaban J connectivity index is 1.87. The van der Waals surface area contributed by atoms with Crippen molar-refractivity contribution >= 4 is 0 Å². The first-order valence-corrected chi connectivity index (χ1v) is 9.34. The molecule has 0 amide bonds. The summed E-state index contributed by atoms with van der Waals surface area (Å²) in [4.78, 5) is 2.79. The second kappa shape index (κ2) is 7.46. The Morgan fingerprint density at radius 3 is 2.33 bits per heavy atom. The lowest BCUT2D eigenvalue weighted by molar-refractivity contribution is 0.147. The number of hydrogen-bond donors (Lipinski definition) is 1. The van der Waals surface area contributed by atoms with Crippen molar-refractivity contribution in [2.75, 3.05) is 32.7 Å². The molecule has 0 aromatic rings. The van der Waals surface area contributed by atoms with Gasteiger partial charge in [-0.25, -0.2) is 0 Å². The Kier molecular flexibility index (Phi) is 6.14. The van der Waals surface area contributed by atoms with Gasteiger partial charge in [0.15, 0.2) is 0 Å². The van der Waals surface area contributed by atoms with Gasteiger partial charge in [0.1, 0.15) is 0 Å². The van der Waals surface area contributed by atoms with Crippen LogP contribution in [0.4, 0.5) is 0 Å². The maximum atomic E-state index is 3.76. The van der Waals surface area contributed by atoms with Crippen molar-refractivity contribution in [2.45, 2.75) is 72.6 Å². The van der Waals surface area contributed by atoms with E-state index in [1.807, 2.05) is 0 Å². The third-order valence-corrected chi connectivity index (χ3v) is 5.71. The third-order valence-electron chi connectivity index (χ3n) is 5.71. The molecule has 2 aliphatic rings. The van der Waals surface area contributed by atoms with Crippen molar-refractivity contribution in [1.29, 1.82) is 0 Å². The Labute approximate surface area is 133 Å². The lowest BCUT2D eigenvalue weighted by Gasteiger charge is -2.36. The minimum atomic E-state index is 0.563. The van der Waals surface area contributed by atoms with Gasteiger partial charge < -0.3 is 10.2 Å². The lowest BCUT2D eigenvalue weighted by atomic mass is 9.84. The van der Waals surface area contributed by atoms with E-state index in [0.717, 1.165) is 5.92 Å². The van der Waals surface area contributed by atoms with Gasteiger partial charge in [-0.15, -0.1) is 0 Å². The van der Waals surface area contributed by atoms with Gasteiger partial charge in [0.05, 0.1) is 0 Å². The molecule has 0 aromatic carbocycles. The van der Waals surface area contributed by atoms with Gasteiger partial charge in [-0.05, 0) is 68.5 Å². The summed E-state index contributed by atoms with van der Waals surface area (Å²) < 4.78 is 0. The molecular weight excluding hydrogens is 256 g/mol. The van der Waals surface area contributed by atoms with Crippen LogP contribution in [0, 0.1) is 16.7 Å². The minimum absolute atomic E-state index is 0.563. The van der Waals surface area contributed by atoms with Gasteiger partial charge in [-0.1, -0.05) is 40.5 Å². The minimum Gasteiger partial charge on any atom is -0.316 e. The number of nitrogens with one attached hydrogen (secondary N) is 1. The summed E-state index contributed by atoms with van der Waals surface area (Å²) in [6.07, 6.45) is 9.95. The molecule has 2 nitrogen and oxygen atoms in total. The molecule has 1 N–H and O–H groups in total. The second-order valence-corrected chi connectivity index (χ2v) is 9.03. The van der Waals surface area contributed by atoms with E-state index in [-0.39, 0.29) is 0 Å². The Morgan fingerprint density at radius 2 is 1.67 bits per heavy atom. The summed E-state index contributed by atoms with van der Waals surface area (Å²) in [7, 11) is 0. The third kappa shape index (κ3) is 5.56. The van der Waals surface area contributed by atoms with Crippen molar-refractivity contribution in [3.05, 3.63) is 0 Å². The van der Waals surface area contributed by atoms with Gasteiger partial charge in [-0.2, -0.15) is 0 Å². The average molecular weight is 295 g/mol. The van der Waals surface area contributed by atoms with E-state index in [9.17, 15) is 0 Å². The predicted octanol–water partition coefficient (Wildman–Crippen LogP) is 4.30. The molecule has 0 aromatic heterocycles. The second-order valence-electron chi connectivity index (χ2n) is 9.03. The maximum Gasteiger partial charge on any atom is 0.00501 e. The molecule has 2 heteroatoms. The number of nitrogens with zero attached hydrogens (tertiary/aromatic N) is 1. The van der Waals surface area contributed by atoms with Gasteiger partial charge in [0.25, 0.3) is 0 Å². The predicted molar refractivity (Wildman–Crippen MR) is 92.7 cm³/mol. The first kappa shape index (κ1) is 17.3. The van der Waals surface area contributed by atoms with E-state index in [0.29, 0.717) is 10.8 Å². The SMILES string of the molecule is CC(C)CNCC1(CN2CCCC(C)(C)CC2)CCCC1. The average Bonchev–Trinajstić information content (AvgIpc) is 2.77. The zero-order chi connectivity index (χ0) is 15.3. The molecular formula is C19H38N2. The fourth-order valence-electron chi connectivity index (χ4n) is 4.25. The van der Waals surface area contributed by atoms with Crippen LogP contribution in [0.2, 0.25) is 0 Å². The highest BCUT2D eigenvalue weighted by Crippen LogP contribution is 2.39. The highest BCUT2D eigenvalue weighted by atomic mass is 15.1. The van der Waals surface area contributed by atoms with Gasteiger partial charge in [-0.3, -0.25) is 0 Å². The van der Waals surface area contributed by atoms with Gasteiger partial charge >= 0.3 is 0 Å². The van der Waals surface area contributed by atoms with Crippen molar-refractivity contribution < 1.29 is 0 Å². The largest absolute Gasteiger partial charge is 0.316 e. The summed E-state index contributed by atoms with van der Waals surface area (Å²) in [6, 6.07) is 0. The zero-order valence-electron chi connectivity index (χ0n) is 15.0. The molecule has 2 rings (SSSR count). The molecule has 1 aliphatic carbocycles. The molecule has 0 unspecified atom stereocenters. The first-order valence-electron chi connectivity index (χ1n) is 9.34. The van der Waals surface area contributed by atoms with Crippen LogP contribution in [-0.2, 0) is 0 Å². The van der Waals surface area contributed by atoms with E-state index in [2.05, 4.69) is 37.9 Å². The molecule has 0 bridgehead atoms. The van der Waals surface area contributed by atoms with Crippen molar-refractivity contribution in [3.8, 4) is 0 Å². The Bertz CT molecular complexity index is 303. The molecule has 1 saturated carbocycles. The van der Waals surface area contributed by atoms with Gasteiger partial charge in [0.2, 0.25) is 0 Å². The molecule has 1 saturated heterocycles. The van der Waals surface area contributed by atoms with E-state index in [1.54, 1.807) is 0 Å². The molecule has 0 radical (unpaired) electrons. The summed E-state index contributed by atoms with van der Waals surface area (Å²) in [6.45, 7) is 15.9. The number of likely N-dealkylation sites (tertiary alicyclic amines) is 1. The van der Waals surface area contributed by atoms with Crippen molar-refractivity contribution in [1.82, 2.24) is 10.2 Å². The highest BCUT2D eigenvalue weighted by molar-refractivity contribution is 4.90. The summed E-state index contributed by atoms with van der Waals surface area (Å²) >= 11 is 0. The van der Waals surface area contributed by atoms with E-state index >= 15 is 0 Å². The van der Waals surface area contributed by atoms with Crippen molar-refractivity contribution in [3.63, 3.8) is 0 Å². The summed E-state index contributed by atoms with van der Waals surface area (Å²) in [5.41, 5.74) is 1.14. The highest BCUT2D eigenvalue weighted by Gasteiger charge is 2.36. The first-order chi connectivity index (χ1) is 9.91. The van der Waals surface area contributed by atoms with Crippen LogP contribution in [0.5, 0.6) is 0 Å². The van der Waals surface area contributed by atoms with Crippen LogP contribution in [0.15, 0.2) is 0 Å². The molecule has 0 atom stereocenters. The van der Waals surface area contributed by atoms with Crippen LogP contribution in [0.25, 0.3) is 0 Å². The zero-order valence-corrected chi connectivity index (χ0v) is 15.0. The van der Waals surface area contributed by atoms with Gasteiger partial charge in [0, 0.05) is 13.1 Å². The van der Waals surface area contributed by atoms with Crippen LogP contribution in [0.1, 0.15) is 72.6 Å². The molecule has 21 heavy (non-hydrogen) atoms. The Hall–Kier alpha value is -0.0800. The molecule has 0 spiro atoms. The standard InChI is InChI=1S/C19H38N2/c1-17(2)14-20-15-19(9-5-6-10-19)16-21-12-7-8-18(3,4)11-13-21/h17,20H,5-16H2,1-4H3. The van der Waals surface area contributed by atoms with Crippen LogP contribution < -0.4 is 5.32 Å². The number of rotatable bonds is 6. The van der Waals surface area contributed by atoms with Crippen LogP contribution in [-0.4, -0.2) is 37.6 Å². The molecule has 1 heterocycles. The molecule has 1 aliphatic heterocycles. The smallest absolute Gasteiger partial charge is 0.00501 e. The summed E-state index contributed by atoms with van der Waals surface area (Å²) in [5.74, 6) is 0.766. The maximum absolute atomic E-state index is 3.76. The van der Waals surface area contributed by atoms with Crippen LogP contribution >= 0.6 is 0 Å². The molecule has 2 fully saturated rings. The molecule has 124 valence electrons. The normalized spacial score (nSPS) is 26.1. The fourth-order valence-corrected chi connectivity index (χ4v) is 4.25. The quantitative estimate of drug-likeness (QED) is 0.785. The van der Waals surface area contributed by atoms with E-state index in [4.69, 9.17) is 0 Å². The van der Waals surface area contributed by atoms with Crippen LogP contribution in [0.3, 0.4) is 0 Å². The lowest BCUT2D eigenvalue weighted by Crippen LogP contribution is -2.43. The summed E-state index contributed by atoms with van der Waals surface area (Å²) in [5, 5.41) is 3.76. The number of hydrogen-bond acceptors (Lipinski definition) is 2. The fraction of sp³-hybridized carbons (Fsp3) is 1.00. The van der Waals surface area contributed by atoms with E-state index in [1.165, 1.54) is 77.7 Å². The monoisotopic (exact) mass is 294 g/mol. The van der Waals surface area contributed by atoms with Crippen molar-refractivity contribution in [2.24, 2.45) is 16.7 Å². The topological polar surface area (TPSA) is 15.3 Å². The van der Waals surface area contributed by atoms with E-state index < -0.39 is 0 Å². The Morgan fingerprint density at radius 1 is 0.952 bits per heavy atom.